The molecule has 0 aliphatic carbocycles. The number of hydrogen-bond donors (Lipinski definition) is 2. The van der Waals surface area contributed by atoms with Crippen LogP contribution in [-0.4, -0.2) is 14.0 Å². The fourth-order valence-electron chi connectivity index (χ4n) is 1.23. The number of halogens is 1. The van der Waals surface area contributed by atoms with Gasteiger partial charge in [-0.25, -0.2) is 13.1 Å². The maximum atomic E-state index is 12.2. The van der Waals surface area contributed by atoms with Crippen molar-refractivity contribution in [2.75, 3.05) is 5.73 Å². The Bertz CT molecular complexity index is 512. The molecule has 0 aliphatic rings. The molecule has 0 saturated carbocycles. The minimum Gasteiger partial charge on any atom is -0.398 e. The van der Waals surface area contributed by atoms with E-state index in [1.807, 2.05) is 20.8 Å². The van der Waals surface area contributed by atoms with Gasteiger partial charge < -0.3 is 5.73 Å². The van der Waals surface area contributed by atoms with Crippen molar-refractivity contribution in [1.82, 2.24) is 4.72 Å². The van der Waals surface area contributed by atoms with Gasteiger partial charge in [0.25, 0.3) is 0 Å². The molecular weight excluding hydrogens is 304 g/mol. The Labute approximate surface area is 111 Å². The highest BCUT2D eigenvalue weighted by atomic mass is 79.9. The number of sulfonamides is 1. The summed E-state index contributed by atoms with van der Waals surface area (Å²) in [5.74, 6) is 0. The normalized spacial score (nSPS) is 12.7. The van der Waals surface area contributed by atoms with Crippen molar-refractivity contribution in [2.45, 2.75) is 37.6 Å². The summed E-state index contributed by atoms with van der Waals surface area (Å²) in [6, 6.07) is 4.78. The van der Waals surface area contributed by atoms with Gasteiger partial charge in [0.05, 0.1) is 5.69 Å². The second-order valence-electron chi connectivity index (χ2n) is 4.53. The van der Waals surface area contributed by atoms with Crippen LogP contribution in [0.2, 0.25) is 0 Å². The van der Waals surface area contributed by atoms with Crippen molar-refractivity contribution in [3.8, 4) is 0 Å². The number of hydrogen-bond acceptors (Lipinski definition) is 3. The van der Waals surface area contributed by atoms with Crippen LogP contribution >= 0.6 is 15.9 Å². The summed E-state index contributed by atoms with van der Waals surface area (Å²) in [5, 5.41) is 0. The monoisotopic (exact) mass is 320 g/mol. The Hall–Kier alpha value is -0.590. The molecule has 0 bridgehead atoms. The summed E-state index contributed by atoms with van der Waals surface area (Å²) in [4.78, 5) is 0.105. The second kappa shape index (κ2) is 4.96. The zero-order valence-electron chi connectivity index (χ0n) is 10.1. The predicted octanol–water partition coefficient (Wildman–Crippen LogP) is 2.50. The van der Waals surface area contributed by atoms with Crippen molar-refractivity contribution in [1.29, 1.82) is 0 Å². The Balaban J connectivity index is 3.18. The fourth-order valence-corrected chi connectivity index (χ4v) is 3.39. The van der Waals surface area contributed by atoms with Gasteiger partial charge in [-0.3, -0.25) is 0 Å². The average molecular weight is 321 g/mol. The molecule has 0 saturated heterocycles. The first-order valence-corrected chi connectivity index (χ1v) is 7.54. The highest BCUT2D eigenvalue weighted by Gasteiger charge is 2.26. The Morgan fingerprint density at radius 3 is 2.53 bits per heavy atom. The van der Waals surface area contributed by atoms with Gasteiger partial charge in [-0.1, -0.05) is 22.9 Å². The average Bonchev–Trinajstić information content (AvgIpc) is 2.20. The maximum Gasteiger partial charge on any atom is 0.243 e. The molecule has 0 spiro atoms. The quantitative estimate of drug-likeness (QED) is 0.837. The van der Waals surface area contributed by atoms with E-state index >= 15 is 0 Å². The largest absolute Gasteiger partial charge is 0.398 e. The van der Waals surface area contributed by atoms with Crippen LogP contribution in [0.3, 0.4) is 0 Å². The van der Waals surface area contributed by atoms with E-state index in [1.54, 1.807) is 12.1 Å². The zero-order chi connectivity index (χ0) is 13.3. The molecule has 3 N–H and O–H groups in total. The molecule has 4 nitrogen and oxygen atoms in total. The van der Waals surface area contributed by atoms with E-state index in [0.29, 0.717) is 10.9 Å². The molecule has 1 aromatic rings. The number of benzene rings is 1. The summed E-state index contributed by atoms with van der Waals surface area (Å²) >= 11 is 3.24. The van der Waals surface area contributed by atoms with Crippen LogP contribution in [0.1, 0.15) is 27.2 Å². The third kappa shape index (κ3) is 3.69. The number of rotatable bonds is 4. The summed E-state index contributed by atoms with van der Waals surface area (Å²) in [5.41, 5.74) is 5.45. The van der Waals surface area contributed by atoms with E-state index in [1.165, 1.54) is 6.07 Å². The van der Waals surface area contributed by atoms with Crippen molar-refractivity contribution < 1.29 is 8.42 Å². The van der Waals surface area contributed by atoms with Gasteiger partial charge in [-0.15, -0.1) is 0 Å². The maximum absolute atomic E-state index is 12.2. The number of anilines is 1. The predicted molar refractivity (Wildman–Crippen MR) is 73.2 cm³/mol. The molecule has 0 unspecified atom stereocenters. The number of nitrogens with two attached hydrogens (primary N) is 1. The Kier molecular flexibility index (Phi) is 4.22. The van der Waals surface area contributed by atoms with Crippen LogP contribution in [0.5, 0.6) is 0 Å². The second-order valence-corrected chi connectivity index (χ2v) is 7.09. The zero-order valence-corrected chi connectivity index (χ0v) is 12.5. The lowest BCUT2D eigenvalue weighted by atomic mass is 10.0. The molecule has 1 aromatic carbocycles. The van der Waals surface area contributed by atoms with Gasteiger partial charge in [0.2, 0.25) is 10.0 Å². The van der Waals surface area contributed by atoms with Gasteiger partial charge in [0, 0.05) is 10.0 Å². The van der Waals surface area contributed by atoms with Crippen molar-refractivity contribution >= 4 is 31.6 Å². The molecule has 0 atom stereocenters. The van der Waals surface area contributed by atoms with Crippen LogP contribution in [0.15, 0.2) is 27.6 Å². The van der Waals surface area contributed by atoms with E-state index in [2.05, 4.69) is 20.7 Å². The topological polar surface area (TPSA) is 72.2 Å². The molecule has 1 rings (SSSR count). The van der Waals surface area contributed by atoms with Gasteiger partial charge >= 0.3 is 0 Å². The van der Waals surface area contributed by atoms with E-state index in [4.69, 9.17) is 5.73 Å². The van der Waals surface area contributed by atoms with Crippen LogP contribution in [-0.2, 0) is 10.0 Å². The van der Waals surface area contributed by atoms with E-state index in [9.17, 15) is 8.42 Å². The van der Waals surface area contributed by atoms with Crippen molar-refractivity contribution in [3.63, 3.8) is 0 Å². The molecule has 96 valence electrons. The first-order valence-electron chi connectivity index (χ1n) is 5.27. The first kappa shape index (κ1) is 14.5. The van der Waals surface area contributed by atoms with Crippen LogP contribution in [0.4, 0.5) is 5.69 Å². The molecule has 0 fully saturated rings. The lowest BCUT2D eigenvalue weighted by Crippen LogP contribution is -2.42. The van der Waals surface area contributed by atoms with Crippen LogP contribution < -0.4 is 10.5 Å². The minimum atomic E-state index is -3.59. The minimum absolute atomic E-state index is 0.105. The SMILES string of the molecule is CCC(C)(C)NS(=O)(=O)c1cc(Br)ccc1N. The van der Waals surface area contributed by atoms with E-state index in [-0.39, 0.29) is 10.6 Å². The highest BCUT2D eigenvalue weighted by molar-refractivity contribution is 9.10. The standard InChI is InChI=1S/C11H17BrN2O2S/c1-4-11(2,3)14-17(15,16)10-7-8(12)5-6-9(10)13/h5-7,14H,4,13H2,1-3H3. The molecule has 0 aliphatic heterocycles. The van der Waals surface area contributed by atoms with Crippen LogP contribution in [0, 0.1) is 0 Å². The molecule has 6 heteroatoms. The third-order valence-corrected chi connectivity index (χ3v) is 4.81. The lowest BCUT2D eigenvalue weighted by Gasteiger charge is -2.24. The molecular formula is C11H17BrN2O2S. The van der Waals surface area contributed by atoms with Crippen molar-refractivity contribution in [3.05, 3.63) is 22.7 Å². The third-order valence-electron chi connectivity index (χ3n) is 2.56. The summed E-state index contributed by atoms with van der Waals surface area (Å²) in [6.07, 6.45) is 0.695. The molecule has 0 aromatic heterocycles. The number of nitrogens with one attached hydrogen (secondary N) is 1. The smallest absolute Gasteiger partial charge is 0.243 e. The molecule has 0 amide bonds. The van der Waals surface area contributed by atoms with E-state index in [0.717, 1.165) is 0 Å². The van der Waals surface area contributed by atoms with Gasteiger partial charge in [0.15, 0.2) is 0 Å². The van der Waals surface area contributed by atoms with Crippen molar-refractivity contribution in [2.24, 2.45) is 0 Å². The fraction of sp³-hybridized carbons (Fsp3) is 0.455. The lowest BCUT2D eigenvalue weighted by molar-refractivity contribution is 0.439. The molecule has 0 radical (unpaired) electrons. The first-order chi connectivity index (χ1) is 7.68. The Morgan fingerprint density at radius 1 is 1.41 bits per heavy atom. The summed E-state index contributed by atoms with van der Waals surface area (Å²) < 4.78 is 27.7. The van der Waals surface area contributed by atoms with Gasteiger partial charge in [-0.05, 0) is 38.5 Å². The number of nitrogen functional groups attached to an aromatic ring is 1. The molecule has 17 heavy (non-hydrogen) atoms. The van der Waals surface area contributed by atoms with Gasteiger partial charge in [-0.2, -0.15) is 0 Å². The Morgan fingerprint density at radius 2 is 2.00 bits per heavy atom. The summed E-state index contributed by atoms with van der Waals surface area (Å²) in [6.45, 7) is 5.59. The van der Waals surface area contributed by atoms with Gasteiger partial charge in [0.1, 0.15) is 4.90 Å². The van der Waals surface area contributed by atoms with E-state index < -0.39 is 15.6 Å². The molecule has 0 heterocycles. The highest BCUT2D eigenvalue weighted by Crippen LogP contribution is 2.24. The summed E-state index contributed by atoms with van der Waals surface area (Å²) in [7, 11) is -3.59. The van der Waals surface area contributed by atoms with Crippen LogP contribution in [0.25, 0.3) is 0 Å².